The van der Waals surface area contributed by atoms with Gasteiger partial charge in [-0.25, -0.2) is 4.79 Å². The number of carbonyl (C=O) groups is 1. The molecule has 1 aromatic carbocycles. The first kappa shape index (κ1) is 13.8. The van der Waals surface area contributed by atoms with Gasteiger partial charge in [0, 0.05) is 26.7 Å². The van der Waals surface area contributed by atoms with E-state index in [-0.39, 0.29) is 0 Å². The predicted octanol–water partition coefficient (Wildman–Crippen LogP) is 1.99. The Balaban J connectivity index is 1.78. The summed E-state index contributed by atoms with van der Waals surface area (Å²) < 4.78 is 1.92. The van der Waals surface area contributed by atoms with E-state index in [1.165, 1.54) is 11.3 Å². The first-order chi connectivity index (χ1) is 10.0. The molecule has 0 bridgehead atoms. The monoisotopic (exact) mass is 285 g/mol. The van der Waals surface area contributed by atoms with Crippen LogP contribution in [-0.2, 0) is 26.6 Å². The van der Waals surface area contributed by atoms with E-state index in [0.29, 0.717) is 5.56 Å². The van der Waals surface area contributed by atoms with Crippen molar-refractivity contribution in [1.29, 1.82) is 0 Å². The molecule has 0 atom stereocenters. The van der Waals surface area contributed by atoms with Crippen LogP contribution in [0, 0.1) is 6.92 Å². The minimum Gasteiger partial charge on any atom is -0.478 e. The Kier molecular flexibility index (Phi) is 3.51. The molecule has 2 aromatic rings. The molecule has 1 aliphatic rings. The first-order valence-corrected chi connectivity index (χ1v) is 7.10. The number of aryl methyl sites for hydroxylation is 2. The summed E-state index contributed by atoms with van der Waals surface area (Å²) in [4.78, 5) is 13.4. The molecule has 21 heavy (non-hydrogen) atoms. The normalized spacial score (nSPS) is 15.0. The van der Waals surface area contributed by atoms with Crippen LogP contribution in [0.3, 0.4) is 0 Å². The molecule has 0 fully saturated rings. The van der Waals surface area contributed by atoms with E-state index in [2.05, 4.69) is 16.1 Å². The van der Waals surface area contributed by atoms with Gasteiger partial charge in [-0.2, -0.15) is 5.10 Å². The Morgan fingerprint density at radius 1 is 1.33 bits per heavy atom. The number of hydrogen-bond donors (Lipinski definition) is 1. The van der Waals surface area contributed by atoms with Crippen molar-refractivity contribution in [2.24, 2.45) is 7.05 Å². The van der Waals surface area contributed by atoms with E-state index >= 15 is 0 Å². The fourth-order valence-electron chi connectivity index (χ4n) is 2.92. The Hall–Kier alpha value is -2.14. The molecule has 110 valence electrons. The number of aromatic nitrogens is 2. The van der Waals surface area contributed by atoms with Gasteiger partial charge >= 0.3 is 5.97 Å². The maximum atomic E-state index is 11.1. The summed E-state index contributed by atoms with van der Waals surface area (Å²) in [6.45, 7) is 4.62. The van der Waals surface area contributed by atoms with Crippen molar-refractivity contribution in [3.63, 3.8) is 0 Å². The van der Waals surface area contributed by atoms with Crippen LogP contribution in [-0.4, -0.2) is 32.3 Å². The van der Waals surface area contributed by atoms with Crippen LogP contribution in [0.4, 0.5) is 0 Å². The molecule has 0 radical (unpaired) electrons. The minimum atomic E-state index is -0.864. The average Bonchev–Trinajstić information content (AvgIpc) is 2.76. The van der Waals surface area contributed by atoms with Gasteiger partial charge in [0.25, 0.3) is 0 Å². The third kappa shape index (κ3) is 2.83. The van der Waals surface area contributed by atoms with Crippen molar-refractivity contribution in [3.8, 4) is 0 Å². The van der Waals surface area contributed by atoms with Gasteiger partial charge in [-0.3, -0.25) is 9.58 Å². The van der Waals surface area contributed by atoms with Crippen LogP contribution < -0.4 is 0 Å². The van der Waals surface area contributed by atoms with Gasteiger partial charge in [0.2, 0.25) is 0 Å². The Labute approximate surface area is 123 Å². The number of carboxylic acids is 1. The molecular formula is C16H19N3O2. The highest BCUT2D eigenvalue weighted by Gasteiger charge is 2.19. The standard InChI is InChI=1S/C16H19N3O2/c1-11-7-15(18(2)17-11)10-19-6-5-12-3-4-13(16(20)21)8-14(12)9-19/h3-4,7-8H,5-6,9-10H2,1-2H3,(H,20,21). The van der Waals surface area contributed by atoms with E-state index in [9.17, 15) is 4.79 Å². The van der Waals surface area contributed by atoms with Crippen molar-refractivity contribution in [3.05, 3.63) is 52.3 Å². The summed E-state index contributed by atoms with van der Waals surface area (Å²) in [5.41, 5.74) is 4.97. The van der Waals surface area contributed by atoms with E-state index in [4.69, 9.17) is 5.11 Å². The van der Waals surface area contributed by atoms with Gasteiger partial charge in [0.1, 0.15) is 0 Å². The van der Waals surface area contributed by atoms with Crippen LogP contribution in [0.2, 0.25) is 0 Å². The average molecular weight is 285 g/mol. The molecule has 0 amide bonds. The number of fused-ring (bicyclic) bond motifs is 1. The lowest BCUT2D eigenvalue weighted by Crippen LogP contribution is -2.31. The molecule has 1 aliphatic heterocycles. The van der Waals surface area contributed by atoms with Crippen molar-refractivity contribution in [2.45, 2.75) is 26.4 Å². The number of hydrogen-bond acceptors (Lipinski definition) is 3. The van der Waals surface area contributed by atoms with Crippen molar-refractivity contribution in [1.82, 2.24) is 14.7 Å². The fraction of sp³-hybridized carbons (Fsp3) is 0.375. The van der Waals surface area contributed by atoms with Gasteiger partial charge in [-0.1, -0.05) is 6.07 Å². The lowest BCUT2D eigenvalue weighted by Gasteiger charge is -2.28. The highest BCUT2D eigenvalue weighted by molar-refractivity contribution is 5.87. The highest BCUT2D eigenvalue weighted by Crippen LogP contribution is 2.22. The molecule has 0 saturated carbocycles. The zero-order valence-electron chi connectivity index (χ0n) is 12.3. The maximum Gasteiger partial charge on any atom is 0.335 e. The van der Waals surface area contributed by atoms with Gasteiger partial charge in [0.15, 0.2) is 0 Å². The molecule has 0 aliphatic carbocycles. The van der Waals surface area contributed by atoms with Crippen LogP contribution in [0.15, 0.2) is 24.3 Å². The Morgan fingerprint density at radius 3 is 2.81 bits per heavy atom. The minimum absolute atomic E-state index is 0.368. The van der Waals surface area contributed by atoms with Crippen LogP contribution in [0.1, 0.15) is 32.9 Å². The van der Waals surface area contributed by atoms with Gasteiger partial charge in [0.05, 0.1) is 17.0 Å². The molecule has 5 heteroatoms. The second-order valence-electron chi connectivity index (χ2n) is 5.65. The number of aromatic carboxylic acids is 1. The maximum absolute atomic E-state index is 11.1. The second kappa shape index (κ2) is 5.33. The quantitative estimate of drug-likeness (QED) is 0.937. The molecule has 0 saturated heterocycles. The summed E-state index contributed by atoms with van der Waals surface area (Å²) in [7, 11) is 1.96. The lowest BCUT2D eigenvalue weighted by atomic mass is 9.97. The summed E-state index contributed by atoms with van der Waals surface area (Å²) >= 11 is 0. The number of nitrogens with zero attached hydrogens (tertiary/aromatic N) is 3. The SMILES string of the molecule is Cc1cc(CN2CCc3ccc(C(=O)O)cc3C2)n(C)n1. The predicted molar refractivity (Wildman–Crippen MR) is 79.2 cm³/mol. The van der Waals surface area contributed by atoms with Gasteiger partial charge < -0.3 is 5.11 Å². The lowest BCUT2D eigenvalue weighted by molar-refractivity contribution is 0.0696. The zero-order chi connectivity index (χ0) is 15.0. The largest absolute Gasteiger partial charge is 0.478 e. The van der Waals surface area contributed by atoms with E-state index in [1.807, 2.05) is 24.7 Å². The van der Waals surface area contributed by atoms with Crippen molar-refractivity contribution < 1.29 is 9.90 Å². The molecule has 1 N–H and O–H groups in total. The number of benzene rings is 1. The van der Waals surface area contributed by atoms with E-state index in [0.717, 1.165) is 37.3 Å². The molecule has 0 spiro atoms. The van der Waals surface area contributed by atoms with Gasteiger partial charge in [-0.15, -0.1) is 0 Å². The highest BCUT2D eigenvalue weighted by atomic mass is 16.4. The third-order valence-corrected chi connectivity index (χ3v) is 4.03. The zero-order valence-corrected chi connectivity index (χ0v) is 12.3. The van der Waals surface area contributed by atoms with E-state index in [1.54, 1.807) is 12.1 Å². The molecule has 5 nitrogen and oxygen atoms in total. The molecule has 2 heterocycles. The first-order valence-electron chi connectivity index (χ1n) is 7.10. The second-order valence-corrected chi connectivity index (χ2v) is 5.65. The van der Waals surface area contributed by atoms with Gasteiger partial charge in [-0.05, 0) is 42.7 Å². The summed E-state index contributed by atoms with van der Waals surface area (Å²) in [6.07, 6.45) is 0.964. The topological polar surface area (TPSA) is 58.4 Å². The summed E-state index contributed by atoms with van der Waals surface area (Å²) in [5, 5.41) is 13.5. The molecule has 1 aromatic heterocycles. The summed E-state index contributed by atoms with van der Waals surface area (Å²) in [5.74, 6) is -0.864. The number of rotatable bonds is 3. The Bertz CT molecular complexity index is 691. The Morgan fingerprint density at radius 2 is 2.14 bits per heavy atom. The molecule has 0 unspecified atom stereocenters. The summed E-state index contributed by atoms with van der Waals surface area (Å²) in [6, 6.07) is 7.55. The van der Waals surface area contributed by atoms with E-state index < -0.39 is 5.97 Å². The van der Waals surface area contributed by atoms with Crippen LogP contribution in [0.25, 0.3) is 0 Å². The molecule has 3 rings (SSSR count). The third-order valence-electron chi connectivity index (χ3n) is 4.03. The van der Waals surface area contributed by atoms with Crippen LogP contribution in [0.5, 0.6) is 0 Å². The van der Waals surface area contributed by atoms with Crippen molar-refractivity contribution in [2.75, 3.05) is 6.54 Å². The smallest absolute Gasteiger partial charge is 0.335 e. The van der Waals surface area contributed by atoms with Crippen molar-refractivity contribution >= 4 is 5.97 Å². The fourth-order valence-corrected chi connectivity index (χ4v) is 2.92. The number of carboxylic acid groups (broad SMARTS) is 1. The molecular weight excluding hydrogens is 266 g/mol. The van der Waals surface area contributed by atoms with Crippen LogP contribution >= 0.6 is 0 Å².